The number of rotatable bonds is 4. The lowest BCUT2D eigenvalue weighted by Gasteiger charge is -2.34. The fraction of sp³-hybridized carbons (Fsp3) is 0.467. The smallest absolute Gasteiger partial charge is 0.246 e. The lowest BCUT2D eigenvalue weighted by Crippen LogP contribution is -2.43. The average molecular weight is 346 g/mol. The van der Waals surface area contributed by atoms with Gasteiger partial charge < -0.3 is 14.4 Å². The van der Waals surface area contributed by atoms with Gasteiger partial charge in [-0.3, -0.25) is 0 Å². The molecule has 3 aromatic rings. The number of anilines is 1. The molecule has 1 N–H and O–H groups in total. The van der Waals surface area contributed by atoms with Crippen LogP contribution < -0.4 is 4.90 Å². The molecule has 126 valence electrons. The highest BCUT2D eigenvalue weighted by atomic mass is 32.1. The third-order valence-corrected chi connectivity index (χ3v) is 4.89. The van der Waals surface area contributed by atoms with Gasteiger partial charge in [0, 0.05) is 13.1 Å². The number of aliphatic hydroxyl groups excluding tert-OH is 1. The Hall–Kier alpha value is -2.26. The first-order valence-corrected chi connectivity index (χ1v) is 8.74. The maximum absolute atomic E-state index is 9.99. The third-order valence-electron chi connectivity index (χ3n) is 4.03. The minimum Gasteiger partial charge on any atom is -0.443 e. The largest absolute Gasteiger partial charge is 0.443 e. The molecule has 24 heavy (non-hydrogen) atoms. The number of hydrogen-bond acceptors (Lipinski definition) is 8. The van der Waals surface area contributed by atoms with Crippen molar-refractivity contribution in [2.24, 2.45) is 5.92 Å². The Bertz CT molecular complexity index is 789. The second-order valence-corrected chi connectivity index (χ2v) is 7.11. The Balaban J connectivity index is 1.53. The van der Waals surface area contributed by atoms with E-state index >= 15 is 0 Å². The highest BCUT2D eigenvalue weighted by molar-refractivity contribution is 7.13. The Kier molecular flexibility index (Phi) is 4.03. The molecule has 0 saturated carbocycles. The van der Waals surface area contributed by atoms with Gasteiger partial charge in [-0.1, -0.05) is 18.1 Å². The molecular formula is C15H18N6O2S. The monoisotopic (exact) mass is 346 g/mol. The topological polar surface area (TPSA) is 93.1 Å². The van der Waals surface area contributed by atoms with Crippen molar-refractivity contribution in [2.45, 2.75) is 26.0 Å². The van der Waals surface area contributed by atoms with Crippen LogP contribution in [0, 0.1) is 5.92 Å². The zero-order valence-corrected chi connectivity index (χ0v) is 14.1. The normalized spacial score (nSPS) is 21.3. The Morgan fingerprint density at radius 1 is 1.42 bits per heavy atom. The van der Waals surface area contributed by atoms with E-state index in [2.05, 4.69) is 27.4 Å². The van der Waals surface area contributed by atoms with Crippen LogP contribution in [0.2, 0.25) is 0 Å². The highest BCUT2D eigenvalue weighted by Crippen LogP contribution is 2.25. The maximum Gasteiger partial charge on any atom is 0.246 e. The summed E-state index contributed by atoms with van der Waals surface area (Å²) < 4.78 is 7.24. The van der Waals surface area contributed by atoms with Crippen molar-refractivity contribution < 1.29 is 9.52 Å². The molecule has 1 aliphatic heterocycles. The average Bonchev–Trinajstić information content (AvgIpc) is 3.28. The molecule has 0 aromatic carbocycles. The van der Waals surface area contributed by atoms with Crippen LogP contribution in [0.15, 0.2) is 28.2 Å². The molecule has 0 aliphatic carbocycles. The van der Waals surface area contributed by atoms with Gasteiger partial charge in [0.1, 0.15) is 12.0 Å². The number of oxazole rings is 1. The summed E-state index contributed by atoms with van der Waals surface area (Å²) in [6, 6.07) is 3.94. The molecule has 8 nitrogen and oxygen atoms in total. The minimum atomic E-state index is -0.351. The Morgan fingerprint density at radius 2 is 2.33 bits per heavy atom. The molecule has 3 aromatic heterocycles. The molecule has 0 spiro atoms. The quantitative estimate of drug-likeness (QED) is 0.767. The summed E-state index contributed by atoms with van der Waals surface area (Å²) in [7, 11) is 0. The molecule has 1 aliphatic rings. The van der Waals surface area contributed by atoms with Crippen LogP contribution in [0.5, 0.6) is 0 Å². The van der Waals surface area contributed by atoms with E-state index < -0.39 is 0 Å². The summed E-state index contributed by atoms with van der Waals surface area (Å²) in [5.41, 5.74) is 0.762. The van der Waals surface area contributed by atoms with Crippen LogP contribution in [0.4, 0.5) is 5.95 Å². The van der Waals surface area contributed by atoms with Gasteiger partial charge >= 0.3 is 0 Å². The fourth-order valence-corrected chi connectivity index (χ4v) is 3.71. The maximum atomic E-state index is 9.99. The second-order valence-electron chi connectivity index (χ2n) is 6.16. The number of aliphatic hydroxyl groups is 1. The summed E-state index contributed by atoms with van der Waals surface area (Å²) in [5, 5.41) is 23.9. The molecule has 1 saturated heterocycles. The number of nitrogens with zero attached hydrogens (tertiary/aromatic N) is 6. The van der Waals surface area contributed by atoms with E-state index in [9.17, 15) is 5.11 Å². The van der Waals surface area contributed by atoms with Crippen LogP contribution in [0.1, 0.15) is 19.0 Å². The number of aromatic nitrogens is 5. The molecule has 4 heterocycles. The predicted molar refractivity (Wildman–Crippen MR) is 88.7 cm³/mol. The van der Waals surface area contributed by atoms with Crippen molar-refractivity contribution in [3.8, 4) is 10.8 Å². The summed E-state index contributed by atoms with van der Waals surface area (Å²) in [5.74, 6) is 1.66. The van der Waals surface area contributed by atoms with E-state index in [1.165, 1.54) is 0 Å². The fourth-order valence-electron chi connectivity index (χ4n) is 3.06. The van der Waals surface area contributed by atoms with E-state index in [0.29, 0.717) is 30.8 Å². The van der Waals surface area contributed by atoms with Crippen LogP contribution in [-0.4, -0.2) is 49.5 Å². The van der Waals surface area contributed by atoms with E-state index in [1.54, 1.807) is 22.3 Å². The van der Waals surface area contributed by atoms with Crippen molar-refractivity contribution in [2.75, 3.05) is 18.0 Å². The third kappa shape index (κ3) is 3.04. The van der Waals surface area contributed by atoms with Gasteiger partial charge in [0.05, 0.1) is 17.5 Å². The van der Waals surface area contributed by atoms with Crippen LogP contribution in [0.25, 0.3) is 10.8 Å². The van der Waals surface area contributed by atoms with Crippen LogP contribution in [-0.2, 0) is 6.54 Å². The highest BCUT2D eigenvalue weighted by Gasteiger charge is 2.27. The molecule has 0 radical (unpaired) electrons. The van der Waals surface area contributed by atoms with Crippen molar-refractivity contribution in [1.82, 2.24) is 25.2 Å². The van der Waals surface area contributed by atoms with E-state index in [4.69, 9.17) is 4.42 Å². The molecule has 0 unspecified atom stereocenters. The molecule has 4 rings (SSSR count). The van der Waals surface area contributed by atoms with Crippen molar-refractivity contribution in [3.05, 3.63) is 29.5 Å². The summed E-state index contributed by atoms with van der Waals surface area (Å²) in [6.45, 7) is 3.92. The number of piperidine rings is 1. The lowest BCUT2D eigenvalue weighted by molar-refractivity contribution is 0.131. The van der Waals surface area contributed by atoms with E-state index in [0.717, 1.165) is 23.5 Å². The van der Waals surface area contributed by atoms with E-state index in [1.807, 2.05) is 22.4 Å². The number of β-amino-alcohol motifs (C(OH)–C–C–N with tert-alkyl or cyclic N) is 1. The van der Waals surface area contributed by atoms with Gasteiger partial charge in [0.15, 0.2) is 0 Å². The van der Waals surface area contributed by atoms with Gasteiger partial charge in [0.25, 0.3) is 0 Å². The number of tetrazole rings is 1. The Morgan fingerprint density at radius 3 is 3.12 bits per heavy atom. The van der Waals surface area contributed by atoms with Gasteiger partial charge in [-0.05, 0) is 34.2 Å². The van der Waals surface area contributed by atoms with Gasteiger partial charge in [-0.2, -0.15) is 0 Å². The van der Waals surface area contributed by atoms with Crippen molar-refractivity contribution in [1.29, 1.82) is 0 Å². The lowest BCUT2D eigenvalue weighted by atomic mass is 9.98. The first-order chi connectivity index (χ1) is 11.7. The molecule has 1 fully saturated rings. The predicted octanol–water partition coefficient (Wildman–Crippen LogP) is 1.64. The molecule has 0 bridgehead atoms. The summed E-state index contributed by atoms with van der Waals surface area (Å²) in [4.78, 5) is 7.52. The number of hydrogen-bond donors (Lipinski definition) is 1. The zero-order valence-electron chi connectivity index (χ0n) is 13.2. The minimum absolute atomic E-state index is 0.351. The summed E-state index contributed by atoms with van der Waals surface area (Å²) in [6.07, 6.45) is 2.09. The summed E-state index contributed by atoms with van der Waals surface area (Å²) >= 11 is 1.58. The second kappa shape index (κ2) is 6.33. The van der Waals surface area contributed by atoms with Gasteiger partial charge in [-0.25, -0.2) is 9.67 Å². The van der Waals surface area contributed by atoms with Gasteiger partial charge in [-0.15, -0.1) is 11.3 Å². The number of thiophene rings is 1. The zero-order chi connectivity index (χ0) is 16.5. The standard InChI is InChI=1S/C15H18N6O2S/c1-10-5-12(22)8-20(6-10)15-17-18-19-21(15)7-11-9-23-14(16-11)13-3-2-4-24-13/h2-4,9-10,12,22H,5-8H2,1H3/t10-,12+/m1/s1. The SMILES string of the molecule is C[C@@H]1C[C@H](O)CN(c2nnnn2Cc2coc(-c3cccs3)n2)C1. The molecule has 2 atom stereocenters. The van der Waals surface area contributed by atoms with E-state index in [-0.39, 0.29) is 6.10 Å². The van der Waals surface area contributed by atoms with Crippen molar-refractivity contribution in [3.63, 3.8) is 0 Å². The first-order valence-electron chi connectivity index (χ1n) is 7.86. The molecule has 0 amide bonds. The molecular weight excluding hydrogens is 328 g/mol. The van der Waals surface area contributed by atoms with Crippen molar-refractivity contribution >= 4 is 17.3 Å². The Labute approximate surface area is 142 Å². The first kappa shape index (κ1) is 15.3. The van der Waals surface area contributed by atoms with Crippen LogP contribution >= 0.6 is 11.3 Å². The van der Waals surface area contributed by atoms with Crippen LogP contribution in [0.3, 0.4) is 0 Å². The molecule has 9 heteroatoms. The van der Waals surface area contributed by atoms with Gasteiger partial charge in [0.2, 0.25) is 11.8 Å².